The van der Waals surface area contributed by atoms with Crippen molar-refractivity contribution in [1.29, 1.82) is 0 Å². The fraction of sp³-hybridized carbons (Fsp3) is 0.500. The lowest BCUT2D eigenvalue weighted by Crippen LogP contribution is -2.05. The molecule has 0 heterocycles. The summed E-state index contributed by atoms with van der Waals surface area (Å²) in [6.45, 7) is 3.50. The van der Waals surface area contributed by atoms with E-state index in [-0.39, 0.29) is 11.5 Å². The summed E-state index contributed by atoms with van der Waals surface area (Å²) in [5.41, 5.74) is 0.956. The first-order valence-electron chi connectivity index (χ1n) is 5.63. The highest BCUT2D eigenvalue weighted by Gasteiger charge is 2.06. The number of hydrogen-bond acceptors (Lipinski definition) is 5. The standard InChI is InChI=1S/C7H8O3S.C5H12O3/c1-6-2-4-7(5-3-6)11(8,9)10;1-7-4-5-8-3-2-6/h2-5H,1H3,(H,8,9,10);6H,2-5H2,1H3. The van der Waals surface area contributed by atoms with Crippen molar-refractivity contribution >= 4 is 10.1 Å². The first kappa shape index (κ1) is 18.0. The molecule has 0 bridgehead atoms. The van der Waals surface area contributed by atoms with Gasteiger partial charge in [0.1, 0.15) is 0 Å². The average molecular weight is 292 g/mol. The predicted octanol–water partition coefficient (Wildman–Crippen LogP) is 0.883. The van der Waals surface area contributed by atoms with Crippen molar-refractivity contribution in [3.8, 4) is 0 Å². The zero-order valence-corrected chi connectivity index (χ0v) is 11.9. The van der Waals surface area contributed by atoms with Crippen LogP contribution in [0.5, 0.6) is 0 Å². The maximum absolute atomic E-state index is 10.5. The van der Waals surface area contributed by atoms with Gasteiger partial charge < -0.3 is 14.6 Å². The number of aryl methyl sites for hydroxylation is 1. The Morgan fingerprint density at radius 1 is 1.11 bits per heavy atom. The highest BCUT2D eigenvalue weighted by Crippen LogP contribution is 2.08. The lowest BCUT2D eigenvalue weighted by atomic mass is 10.2. The van der Waals surface area contributed by atoms with Crippen LogP contribution in [0.1, 0.15) is 5.56 Å². The fourth-order valence-corrected chi connectivity index (χ4v) is 1.50. The summed E-state index contributed by atoms with van der Waals surface area (Å²) >= 11 is 0. The lowest BCUT2D eigenvalue weighted by molar-refractivity contribution is 0.0500. The van der Waals surface area contributed by atoms with Crippen molar-refractivity contribution in [1.82, 2.24) is 0 Å². The van der Waals surface area contributed by atoms with Gasteiger partial charge in [-0.2, -0.15) is 8.42 Å². The molecule has 2 N–H and O–H groups in total. The van der Waals surface area contributed by atoms with Crippen LogP contribution in [0.4, 0.5) is 0 Å². The SMILES string of the molecule is COCCOCCO.Cc1ccc(S(=O)(=O)O)cc1. The zero-order chi connectivity index (χ0) is 14.7. The van der Waals surface area contributed by atoms with Crippen molar-refractivity contribution in [2.75, 3.05) is 33.5 Å². The molecule has 19 heavy (non-hydrogen) atoms. The summed E-state index contributed by atoms with van der Waals surface area (Å²) < 4.78 is 39.1. The van der Waals surface area contributed by atoms with Gasteiger partial charge in [0.15, 0.2) is 0 Å². The molecule has 0 amide bonds. The third-order valence-electron chi connectivity index (χ3n) is 1.99. The number of rotatable bonds is 6. The minimum absolute atomic E-state index is 0.0666. The Hall–Kier alpha value is -0.990. The second-order valence-electron chi connectivity index (χ2n) is 3.62. The maximum Gasteiger partial charge on any atom is 0.294 e. The Labute approximate surface area is 113 Å². The number of benzene rings is 1. The van der Waals surface area contributed by atoms with Crippen molar-refractivity contribution in [3.05, 3.63) is 29.8 Å². The molecule has 0 atom stereocenters. The molecule has 110 valence electrons. The van der Waals surface area contributed by atoms with Crippen LogP contribution >= 0.6 is 0 Å². The average Bonchev–Trinajstić information content (AvgIpc) is 2.35. The van der Waals surface area contributed by atoms with Crippen LogP contribution in [-0.2, 0) is 19.6 Å². The van der Waals surface area contributed by atoms with Crippen LogP contribution < -0.4 is 0 Å². The van der Waals surface area contributed by atoms with Crippen LogP contribution in [0.25, 0.3) is 0 Å². The Balaban J connectivity index is 0.000000362. The first-order chi connectivity index (χ1) is 8.91. The summed E-state index contributed by atoms with van der Waals surface area (Å²) in [7, 11) is -2.41. The van der Waals surface area contributed by atoms with E-state index in [1.165, 1.54) is 12.1 Å². The lowest BCUT2D eigenvalue weighted by Gasteiger charge is -1.98. The quantitative estimate of drug-likeness (QED) is 0.597. The molecule has 1 rings (SSSR count). The molecule has 0 saturated carbocycles. The van der Waals surface area contributed by atoms with E-state index in [4.69, 9.17) is 14.4 Å². The Morgan fingerprint density at radius 2 is 1.68 bits per heavy atom. The molecule has 0 aliphatic rings. The van der Waals surface area contributed by atoms with E-state index in [1.54, 1.807) is 19.2 Å². The number of ether oxygens (including phenoxy) is 2. The summed E-state index contributed by atoms with van der Waals surface area (Å²) in [5.74, 6) is 0. The van der Waals surface area contributed by atoms with Gasteiger partial charge in [-0.05, 0) is 19.1 Å². The smallest absolute Gasteiger partial charge is 0.294 e. The molecular formula is C12H20O6S. The van der Waals surface area contributed by atoms with Crippen molar-refractivity contribution in [3.63, 3.8) is 0 Å². The minimum Gasteiger partial charge on any atom is -0.394 e. The molecule has 0 unspecified atom stereocenters. The molecular weight excluding hydrogens is 272 g/mol. The van der Waals surface area contributed by atoms with Gasteiger partial charge >= 0.3 is 0 Å². The normalized spacial score (nSPS) is 10.7. The molecule has 1 aromatic rings. The van der Waals surface area contributed by atoms with Gasteiger partial charge in [-0.1, -0.05) is 17.7 Å². The Kier molecular flexibility index (Phi) is 9.36. The van der Waals surface area contributed by atoms with Crippen molar-refractivity contribution in [2.45, 2.75) is 11.8 Å². The van der Waals surface area contributed by atoms with Crippen molar-refractivity contribution < 1.29 is 27.6 Å². The first-order valence-corrected chi connectivity index (χ1v) is 7.07. The van der Waals surface area contributed by atoms with E-state index in [1.807, 2.05) is 6.92 Å². The molecule has 0 radical (unpaired) electrons. The summed E-state index contributed by atoms with van der Waals surface area (Å²) in [5, 5.41) is 8.20. The Bertz CT molecular complexity index is 420. The van der Waals surface area contributed by atoms with Gasteiger partial charge in [0.2, 0.25) is 0 Å². The van der Waals surface area contributed by atoms with Crippen LogP contribution in [-0.4, -0.2) is 51.6 Å². The van der Waals surface area contributed by atoms with Crippen molar-refractivity contribution in [2.24, 2.45) is 0 Å². The van der Waals surface area contributed by atoms with Gasteiger partial charge in [0.25, 0.3) is 10.1 Å². The number of methoxy groups -OCH3 is 1. The van der Waals surface area contributed by atoms with Gasteiger partial charge in [-0.15, -0.1) is 0 Å². The molecule has 1 aromatic carbocycles. The zero-order valence-electron chi connectivity index (χ0n) is 11.1. The summed E-state index contributed by atoms with van der Waals surface area (Å²) in [6, 6.07) is 5.99. The topological polar surface area (TPSA) is 93.1 Å². The van der Waals surface area contributed by atoms with Gasteiger partial charge in [0.05, 0.1) is 31.3 Å². The van der Waals surface area contributed by atoms with Crippen LogP contribution in [0.3, 0.4) is 0 Å². The summed E-state index contributed by atoms with van der Waals surface area (Å²) in [4.78, 5) is -0.0666. The van der Waals surface area contributed by atoms with Gasteiger partial charge in [-0.3, -0.25) is 4.55 Å². The summed E-state index contributed by atoms with van der Waals surface area (Å²) in [6.07, 6.45) is 0. The largest absolute Gasteiger partial charge is 0.394 e. The van der Waals surface area contributed by atoms with E-state index in [2.05, 4.69) is 4.74 Å². The van der Waals surface area contributed by atoms with Crippen LogP contribution in [0.2, 0.25) is 0 Å². The van der Waals surface area contributed by atoms with Gasteiger partial charge in [0, 0.05) is 7.11 Å². The monoisotopic (exact) mass is 292 g/mol. The molecule has 0 aliphatic heterocycles. The number of hydrogen-bond donors (Lipinski definition) is 2. The predicted molar refractivity (Wildman–Crippen MR) is 70.8 cm³/mol. The van der Waals surface area contributed by atoms with E-state index >= 15 is 0 Å². The van der Waals surface area contributed by atoms with E-state index in [9.17, 15) is 8.42 Å². The molecule has 0 saturated heterocycles. The molecule has 7 heteroatoms. The van der Waals surface area contributed by atoms with E-state index < -0.39 is 10.1 Å². The third kappa shape index (κ3) is 9.57. The molecule has 0 spiro atoms. The Morgan fingerprint density at radius 3 is 2.11 bits per heavy atom. The van der Waals surface area contributed by atoms with Crippen LogP contribution in [0, 0.1) is 6.92 Å². The second kappa shape index (κ2) is 9.88. The third-order valence-corrected chi connectivity index (χ3v) is 2.85. The van der Waals surface area contributed by atoms with E-state index in [0.29, 0.717) is 19.8 Å². The van der Waals surface area contributed by atoms with Gasteiger partial charge in [-0.25, -0.2) is 0 Å². The van der Waals surface area contributed by atoms with Crippen LogP contribution in [0.15, 0.2) is 29.2 Å². The fourth-order valence-electron chi connectivity index (χ4n) is 1.02. The molecule has 0 fully saturated rings. The number of aliphatic hydroxyl groups is 1. The molecule has 6 nitrogen and oxygen atoms in total. The van der Waals surface area contributed by atoms with E-state index in [0.717, 1.165) is 5.56 Å². The highest BCUT2D eigenvalue weighted by atomic mass is 32.2. The molecule has 0 aromatic heterocycles. The number of aliphatic hydroxyl groups excluding tert-OH is 1. The molecule has 0 aliphatic carbocycles. The minimum atomic E-state index is -4.02. The maximum atomic E-state index is 10.5. The highest BCUT2D eigenvalue weighted by molar-refractivity contribution is 7.85. The second-order valence-corrected chi connectivity index (χ2v) is 5.04.